The first-order valence-corrected chi connectivity index (χ1v) is 7.40. The number of benzene rings is 1. The zero-order valence-corrected chi connectivity index (χ0v) is 12.8. The molecule has 0 amide bonds. The predicted octanol–water partition coefficient (Wildman–Crippen LogP) is 2.85. The Morgan fingerprint density at radius 1 is 1.48 bits per heavy atom. The number of thioether (sulfide) groups is 1. The highest BCUT2D eigenvalue weighted by molar-refractivity contribution is 7.98. The van der Waals surface area contributed by atoms with Gasteiger partial charge in [-0.2, -0.15) is 5.10 Å². The lowest BCUT2D eigenvalue weighted by molar-refractivity contribution is 0.111. The van der Waals surface area contributed by atoms with Crippen LogP contribution in [0.25, 0.3) is 0 Å². The number of hydrogen-bond acceptors (Lipinski definition) is 5. The van der Waals surface area contributed by atoms with Crippen LogP contribution in [0.15, 0.2) is 27.9 Å². The fraction of sp³-hybridized carbons (Fsp3) is 0.154. The van der Waals surface area contributed by atoms with Crippen LogP contribution >= 0.6 is 23.4 Å². The van der Waals surface area contributed by atoms with Gasteiger partial charge in [-0.25, -0.2) is 9.07 Å². The molecular weight excluding hydrogens is 317 g/mol. The average Bonchev–Trinajstić information content (AvgIpc) is 2.49. The summed E-state index contributed by atoms with van der Waals surface area (Å²) in [7, 11) is 1.37. The summed E-state index contributed by atoms with van der Waals surface area (Å²) < 4.78 is 14.9. The van der Waals surface area contributed by atoms with Gasteiger partial charge in [0.25, 0.3) is 5.56 Å². The average molecular weight is 328 g/mol. The number of nitrogens with one attached hydrogen (secondary N) is 1. The van der Waals surface area contributed by atoms with Gasteiger partial charge in [0.1, 0.15) is 16.5 Å². The van der Waals surface area contributed by atoms with E-state index in [2.05, 4.69) is 10.4 Å². The third-order valence-electron chi connectivity index (χ3n) is 2.76. The first kappa shape index (κ1) is 15.5. The van der Waals surface area contributed by atoms with E-state index >= 15 is 0 Å². The van der Waals surface area contributed by atoms with Gasteiger partial charge in [0.05, 0.1) is 11.4 Å². The van der Waals surface area contributed by atoms with Crippen LogP contribution in [0.4, 0.5) is 15.8 Å². The number of anilines is 2. The van der Waals surface area contributed by atoms with Crippen LogP contribution < -0.4 is 10.9 Å². The SMILES string of the molecule is CSc1ccc(Nc2c(C=O)nn(C)c(=O)c2Cl)c(F)c1. The summed E-state index contributed by atoms with van der Waals surface area (Å²) in [6, 6.07) is 4.55. The molecule has 0 fully saturated rings. The molecule has 0 atom stereocenters. The van der Waals surface area contributed by atoms with Crippen molar-refractivity contribution in [1.82, 2.24) is 9.78 Å². The first-order chi connectivity index (χ1) is 9.97. The van der Waals surface area contributed by atoms with Gasteiger partial charge in [-0.1, -0.05) is 11.6 Å². The van der Waals surface area contributed by atoms with Crippen molar-refractivity contribution in [2.24, 2.45) is 7.05 Å². The lowest BCUT2D eigenvalue weighted by Crippen LogP contribution is -2.23. The van der Waals surface area contributed by atoms with Crippen LogP contribution in [-0.2, 0) is 7.05 Å². The van der Waals surface area contributed by atoms with Crippen molar-refractivity contribution in [3.63, 3.8) is 0 Å². The molecule has 1 aromatic heterocycles. The summed E-state index contributed by atoms with van der Waals surface area (Å²) >= 11 is 7.32. The van der Waals surface area contributed by atoms with Crippen LogP contribution in [0.3, 0.4) is 0 Å². The van der Waals surface area contributed by atoms with E-state index < -0.39 is 11.4 Å². The third kappa shape index (κ3) is 3.08. The molecule has 2 aromatic rings. The molecule has 0 saturated heterocycles. The molecule has 0 bridgehead atoms. The summed E-state index contributed by atoms with van der Waals surface area (Å²) in [4.78, 5) is 23.5. The highest BCUT2D eigenvalue weighted by Crippen LogP contribution is 2.28. The lowest BCUT2D eigenvalue weighted by Gasteiger charge is -2.12. The van der Waals surface area contributed by atoms with Crippen LogP contribution in [-0.4, -0.2) is 22.3 Å². The van der Waals surface area contributed by atoms with Crippen molar-refractivity contribution < 1.29 is 9.18 Å². The molecule has 1 heterocycles. The van der Waals surface area contributed by atoms with E-state index in [-0.39, 0.29) is 22.1 Å². The molecule has 0 aliphatic carbocycles. The van der Waals surface area contributed by atoms with Crippen molar-refractivity contribution in [1.29, 1.82) is 0 Å². The van der Waals surface area contributed by atoms with Crippen LogP contribution in [0, 0.1) is 5.82 Å². The topological polar surface area (TPSA) is 64.0 Å². The molecule has 0 unspecified atom stereocenters. The van der Waals surface area contributed by atoms with Crippen molar-refractivity contribution in [2.45, 2.75) is 4.90 Å². The fourth-order valence-electron chi connectivity index (χ4n) is 1.68. The Kier molecular flexibility index (Phi) is 4.64. The molecule has 1 aromatic carbocycles. The molecule has 0 aliphatic rings. The summed E-state index contributed by atoms with van der Waals surface area (Å²) in [6.07, 6.45) is 2.27. The second-order valence-electron chi connectivity index (χ2n) is 4.09. The molecular formula is C13H11ClFN3O2S. The molecule has 2 rings (SSSR count). The molecule has 0 aliphatic heterocycles. The zero-order valence-electron chi connectivity index (χ0n) is 11.2. The second kappa shape index (κ2) is 6.28. The number of aromatic nitrogens is 2. The molecule has 0 spiro atoms. The maximum absolute atomic E-state index is 14.0. The Morgan fingerprint density at radius 3 is 2.76 bits per heavy atom. The Hall–Kier alpha value is -1.86. The quantitative estimate of drug-likeness (QED) is 0.691. The number of nitrogens with zero attached hydrogens (tertiary/aromatic N) is 2. The van der Waals surface area contributed by atoms with Crippen molar-refractivity contribution in [3.05, 3.63) is 45.1 Å². The van der Waals surface area contributed by atoms with Gasteiger partial charge in [-0.15, -0.1) is 11.8 Å². The number of aryl methyl sites for hydroxylation is 1. The normalized spacial score (nSPS) is 10.5. The molecule has 110 valence electrons. The summed E-state index contributed by atoms with van der Waals surface area (Å²) in [5.74, 6) is -0.518. The van der Waals surface area contributed by atoms with E-state index in [4.69, 9.17) is 11.6 Å². The highest BCUT2D eigenvalue weighted by Gasteiger charge is 2.16. The summed E-state index contributed by atoms with van der Waals surface area (Å²) in [5.41, 5.74) is -0.556. The van der Waals surface area contributed by atoms with Gasteiger partial charge in [-0.3, -0.25) is 9.59 Å². The van der Waals surface area contributed by atoms with E-state index in [1.165, 1.54) is 30.9 Å². The fourth-order valence-corrected chi connectivity index (χ4v) is 2.37. The van der Waals surface area contributed by atoms with E-state index in [9.17, 15) is 14.0 Å². The summed E-state index contributed by atoms with van der Waals surface area (Å²) in [5, 5.41) is 6.21. The highest BCUT2D eigenvalue weighted by atomic mass is 35.5. The Morgan fingerprint density at radius 2 is 2.19 bits per heavy atom. The zero-order chi connectivity index (χ0) is 15.6. The minimum Gasteiger partial charge on any atom is -0.350 e. The van der Waals surface area contributed by atoms with Gasteiger partial charge in [0.15, 0.2) is 6.29 Å². The van der Waals surface area contributed by atoms with Crippen LogP contribution in [0.2, 0.25) is 5.02 Å². The van der Waals surface area contributed by atoms with Gasteiger partial charge in [0, 0.05) is 11.9 Å². The van der Waals surface area contributed by atoms with Crippen molar-refractivity contribution in [2.75, 3.05) is 11.6 Å². The minimum absolute atomic E-state index is 0.00873. The molecule has 21 heavy (non-hydrogen) atoms. The van der Waals surface area contributed by atoms with Crippen LogP contribution in [0.5, 0.6) is 0 Å². The molecule has 0 saturated carbocycles. The van der Waals surface area contributed by atoms with Gasteiger partial charge >= 0.3 is 0 Å². The molecule has 5 nitrogen and oxygen atoms in total. The van der Waals surface area contributed by atoms with E-state index in [1.807, 2.05) is 6.26 Å². The second-order valence-corrected chi connectivity index (χ2v) is 5.35. The molecule has 8 heteroatoms. The minimum atomic E-state index is -0.578. The smallest absolute Gasteiger partial charge is 0.287 e. The van der Waals surface area contributed by atoms with Crippen LogP contribution in [0.1, 0.15) is 10.5 Å². The number of carbonyl (C=O) groups excluding carboxylic acids is 1. The monoisotopic (exact) mass is 327 g/mol. The maximum atomic E-state index is 14.0. The predicted molar refractivity (Wildman–Crippen MR) is 81.3 cm³/mol. The Labute approximate surface area is 129 Å². The summed E-state index contributed by atoms with van der Waals surface area (Å²) in [6.45, 7) is 0. The van der Waals surface area contributed by atoms with E-state index in [0.717, 1.165) is 9.58 Å². The van der Waals surface area contributed by atoms with Gasteiger partial charge in [0.2, 0.25) is 0 Å². The largest absolute Gasteiger partial charge is 0.350 e. The van der Waals surface area contributed by atoms with Gasteiger partial charge < -0.3 is 5.32 Å². The standard InChI is InChI=1S/C13H11ClFN3O2S/c1-18-13(20)11(14)12(10(6-19)17-18)16-9-4-3-7(21-2)5-8(9)15/h3-6,16H,1-2H3. The van der Waals surface area contributed by atoms with E-state index in [0.29, 0.717) is 6.29 Å². The van der Waals surface area contributed by atoms with Gasteiger partial charge in [-0.05, 0) is 24.5 Å². The first-order valence-electron chi connectivity index (χ1n) is 5.80. The molecule has 0 radical (unpaired) electrons. The number of rotatable bonds is 4. The number of aldehydes is 1. The number of carbonyl (C=O) groups is 1. The van der Waals surface area contributed by atoms with Crippen molar-refractivity contribution in [3.8, 4) is 0 Å². The Balaban J connectivity index is 2.51. The maximum Gasteiger partial charge on any atom is 0.287 e. The number of hydrogen-bond donors (Lipinski definition) is 1. The molecule has 1 N–H and O–H groups in total. The Bertz CT molecular complexity index is 764. The lowest BCUT2D eigenvalue weighted by atomic mass is 10.2. The van der Waals surface area contributed by atoms with Crippen molar-refractivity contribution >= 4 is 41.0 Å². The third-order valence-corrected chi connectivity index (χ3v) is 3.84. The number of halogens is 2. The van der Waals surface area contributed by atoms with E-state index in [1.54, 1.807) is 6.07 Å².